The van der Waals surface area contributed by atoms with Crippen LogP contribution in [0, 0.1) is 42.3 Å². The van der Waals surface area contributed by atoms with Gasteiger partial charge in [0.25, 0.3) is 0 Å². The molecular weight excluding hydrogens is 355 g/mol. The zero-order valence-corrected chi connectivity index (χ0v) is 19.0. The Morgan fingerprint density at radius 2 is 1.38 bits per heavy atom. The van der Waals surface area contributed by atoms with Gasteiger partial charge in [-0.3, -0.25) is 0 Å². The largest absolute Gasteiger partial charge is 0.207 e. The number of hydrogen-bond donors (Lipinski definition) is 0. The van der Waals surface area contributed by atoms with E-state index >= 15 is 0 Å². The van der Waals surface area contributed by atoms with Crippen molar-refractivity contribution in [3.05, 3.63) is 35.1 Å². The van der Waals surface area contributed by atoms with E-state index in [4.69, 9.17) is 0 Å². The Labute approximate surface area is 179 Å². The summed E-state index contributed by atoms with van der Waals surface area (Å²) in [6.07, 6.45) is 20.2. The third kappa shape index (κ3) is 5.45. The van der Waals surface area contributed by atoms with E-state index in [0.29, 0.717) is 5.92 Å². The first-order valence-electron chi connectivity index (χ1n) is 12.9. The first-order chi connectivity index (χ1) is 14.1. The molecule has 0 saturated heterocycles. The molecule has 4 unspecified atom stereocenters. The van der Waals surface area contributed by atoms with E-state index in [1.54, 1.807) is 0 Å². The summed E-state index contributed by atoms with van der Waals surface area (Å²) in [4.78, 5) is 0. The lowest BCUT2D eigenvalue weighted by atomic mass is 9.63. The smallest absolute Gasteiger partial charge is 0.126 e. The number of benzene rings is 1. The minimum atomic E-state index is -0.0166. The van der Waals surface area contributed by atoms with Crippen molar-refractivity contribution in [3.63, 3.8) is 0 Å². The molecule has 1 aromatic carbocycles. The number of halogens is 1. The normalized spacial score (nSPS) is 35.3. The summed E-state index contributed by atoms with van der Waals surface area (Å²) < 4.78 is 14.0. The summed E-state index contributed by atoms with van der Waals surface area (Å²) in [6.45, 7) is 4.21. The van der Waals surface area contributed by atoms with Crippen molar-refractivity contribution >= 4 is 0 Å². The molecule has 0 aromatic heterocycles. The molecule has 29 heavy (non-hydrogen) atoms. The van der Waals surface area contributed by atoms with Gasteiger partial charge in [0.05, 0.1) is 0 Å². The van der Waals surface area contributed by atoms with Gasteiger partial charge in [0.15, 0.2) is 0 Å². The molecule has 3 fully saturated rings. The number of fused-ring (bicyclic) bond motifs is 1. The lowest BCUT2D eigenvalue weighted by molar-refractivity contribution is 0.108. The molecule has 162 valence electrons. The highest BCUT2D eigenvalue weighted by Gasteiger charge is 2.36. The number of aryl methyl sites for hydroxylation is 1. The van der Waals surface area contributed by atoms with Crippen LogP contribution in [0.2, 0.25) is 0 Å². The highest BCUT2D eigenvalue weighted by Crippen LogP contribution is 2.49. The lowest BCUT2D eigenvalue weighted by Crippen LogP contribution is -2.30. The van der Waals surface area contributed by atoms with E-state index < -0.39 is 0 Å². The van der Waals surface area contributed by atoms with Crippen molar-refractivity contribution in [2.75, 3.05) is 0 Å². The van der Waals surface area contributed by atoms with Crippen LogP contribution < -0.4 is 0 Å². The van der Waals surface area contributed by atoms with Gasteiger partial charge in [0.1, 0.15) is 5.82 Å². The fourth-order valence-electron chi connectivity index (χ4n) is 7.10. The van der Waals surface area contributed by atoms with Gasteiger partial charge in [0.2, 0.25) is 0 Å². The summed E-state index contributed by atoms with van der Waals surface area (Å²) in [5.74, 6) is 5.52. The fourth-order valence-corrected chi connectivity index (χ4v) is 7.10. The maximum atomic E-state index is 14.0. The SMILES string of the molecule is CCCC1CCC(CCC2CCC3CC(c4ccc(C)c(F)c4)CCC3C2)CC1. The lowest BCUT2D eigenvalue weighted by Gasteiger charge is -2.43. The highest BCUT2D eigenvalue weighted by atomic mass is 19.1. The predicted octanol–water partition coefficient (Wildman–Crippen LogP) is 8.82. The molecule has 4 rings (SSSR count). The van der Waals surface area contributed by atoms with E-state index in [9.17, 15) is 4.39 Å². The van der Waals surface area contributed by atoms with Gasteiger partial charge in [-0.2, -0.15) is 0 Å². The Morgan fingerprint density at radius 1 is 0.759 bits per heavy atom. The Morgan fingerprint density at radius 3 is 2.10 bits per heavy atom. The van der Waals surface area contributed by atoms with Crippen molar-refractivity contribution in [2.24, 2.45) is 29.6 Å². The molecule has 3 saturated carbocycles. The van der Waals surface area contributed by atoms with E-state index in [-0.39, 0.29) is 5.82 Å². The average molecular weight is 399 g/mol. The summed E-state index contributed by atoms with van der Waals surface area (Å²) >= 11 is 0. The van der Waals surface area contributed by atoms with Gasteiger partial charge < -0.3 is 0 Å². The second-order valence-corrected chi connectivity index (χ2v) is 11.0. The monoisotopic (exact) mass is 398 g/mol. The van der Waals surface area contributed by atoms with Gasteiger partial charge in [-0.15, -0.1) is 0 Å². The zero-order chi connectivity index (χ0) is 20.2. The third-order valence-corrected chi connectivity index (χ3v) is 9.04. The molecule has 0 N–H and O–H groups in total. The first kappa shape index (κ1) is 21.4. The molecule has 1 heteroatoms. The first-order valence-corrected chi connectivity index (χ1v) is 12.9. The maximum Gasteiger partial charge on any atom is 0.126 e. The molecule has 0 spiro atoms. The standard InChI is InChI=1S/C28H43F/c1-3-4-21-6-8-22(9-7-21)10-11-23-12-14-25-18-26(16-15-24(25)17-23)27-13-5-20(2)28(29)19-27/h5,13,19,21-26H,3-4,6-12,14-18H2,1-2H3. The minimum absolute atomic E-state index is 0.0166. The van der Waals surface area contributed by atoms with Crippen LogP contribution in [0.15, 0.2) is 18.2 Å². The van der Waals surface area contributed by atoms with Crippen LogP contribution in [0.3, 0.4) is 0 Å². The Kier molecular flexibility index (Phi) is 7.35. The van der Waals surface area contributed by atoms with E-state index in [1.165, 1.54) is 95.5 Å². The van der Waals surface area contributed by atoms with Gasteiger partial charge in [-0.1, -0.05) is 76.8 Å². The molecule has 0 amide bonds. The third-order valence-electron chi connectivity index (χ3n) is 9.04. The van der Waals surface area contributed by atoms with E-state index in [2.05, 4.69) is 13.0 Å². The Hall–Kier alpha value is -0.850. The molecule has 1 aromatic rings. The second kappa shape index (κ2) is 9.97. The molecule has 3 aliphatic carbocycles. The van der Waals surface area contributed by atoms with E-state index in [1.807, 2.05) is 19.1 Å². The summed E-state index contributed by atoms with van der Waals surface area (Å²) in [5.41, 5.74) is 2.04. The second-order valence-electron chi connectivity index (χ2n) is 11.0. The van der Waals surface area contributed by atoms with Crippen molar-refractivity contribution in [1.29, 1.82) is 0 Å². The van der Waals surface area contributed by atoms with Crippen LogP contribution in [0.4, 0.5) is 4.39 Å². The number of rotatable bonds is 6. The maximum absolute atomic E-state index is 14.0. The van der Waals surface area contributed by atoms with Gasteiger partial charge in [0, 0.05) is 0 Å². The molecule has 4 atom stereocenters. The van der Waals surface area contributed by atoms with E-state index in [0.717, 1.165) is 35.2 Å². The molecule has 0 aliphatic heterocycles. The van der Waals surface area contributed by atoms with Crippen molar-refractivity contribution in [3.8, 4) is 0 Å². The average Bonchev–Trinajstić information content (AvgIpc) is 2.75. The molecule has 0 nitrogen and oxygen atoms in total. The van der Waals surface area contributed by atoms with Gasteiger partial charge >= 0.3 is 0 Å². The van der Waals surface area contributed by atoms with Crippen molar-refractivity contribution in [1.82, 2.24) is 0 Å². The topological polar surface area (TPSA) is 0 Å². The van der Waals surface area contributed by atoms with Gasteiger partial charge in [-0.05, 0) is 91.7 Å². The van der Waals surface area contributed by atoms with Crippen molar-refractivity contribution in [2.45, 2.75) is 110 Å². The predicted molar refractivity (Wildman–Crippen MR) is 122 cm³/mol. The minimum Gasteiger partial charge on any atom is -0.207 e. The highest BCUT2D eigenvalue weighted by molar-refractivity contribution is 5.26. The number of hydrogen-bond acceptors (Lipinski definition) is 0. The molecular formula is C28H43F. The van der Waals surface area contributed by atoms with Crippen LogP contribution >= 0.6 is 0 Å². The quantitative estimate of drug-likeness (QED) is 0.449. The molecule has 0 radical (unpaired) electrons. The van der Waals surface area contributed by atoms with Crippen LogP contribution in [-0.2, 0) is 0 Å². The molecule has 0 bridgehead atoms. The molecule has 0 heterocycles. The van der Waals surface area contributed by atoms with Crippen molar-refractivity contribution < 1.29 is 4.39 Å². The van der Waals surface area contributed by atoms with Crippen LogP contribution in [0.25, 0.3) is 0 Å². The summed E-state index contributed by atoms with van der Waals surface area (Å²) in [6, 6.07) is 5.98. The summed E-state index contributed by atoms with van der Waals surface area (Å²) in [7, 11) is 0. The van der Waals surface area contributed by atoms with Crippen LogP contribution in [0.5, 0.6) is 0 Å². The Bertz CT molecular complexity index is 642. The Balaban J connectivity index is 1.21. The molecule has 3 aliphatic rings. The zero-order valence-electron chi connectivity index (χ0n) is 19.0. The summed E-state index contributed by atoms with van der Waals surface area (Å²) in [5, 5.41) is 0. The van der Waals surface area contributed by atoms with Crippen LogP contribution in [0.1, 0.15) is 114 Å². The van der Waals surface area contributed by atoms with Gasteiger partial charge in [-0.25, -0.2) is 4.39 Å². The van der Waals surface area contributed by atoms with Crippen LogP contribution in [-0.4, -0.2) is 0 Å². The fraction of sp³-hybridized carbons (Fsp3) is 0.786.